The van der Waals surface area contributed by atoms with Crippen molar-refractivity contribution in [2.24, 2.45) is 0 Å². The van der Waals surface area contributed by atoms with Gasteiger partial charge in [0.25, 0.3) is 0 Å². The molecule has 10 heteroatoms. The molecular weight excluding hydrogens is 620 g/mol. The number of ether oxygens (including phenoxy) is 1. The molecule has 0 radical (unpaired) electrons. The highest BCUT2D eigenvalue weighted by Crippen LogP contribution is 2.31. The summed E-state index contributed by atoms with van der Waals surface area (Å²) in [5, 5.41) is 47.6. The molecule has 0 aliphatic carbocycles. The number of anilines is 2. The van der Waals surface area contributed by atoms with Crippen LogP contribution in [0, 0.1) is 6.92 Å². The fraction of sp³-hybridized carbons (Fsp3) is 0.231. The zero-order valence-corrected chi connectivity index (χ0v) is 28.8. The van der Waals surface area contributed by atoms with Crippen LogP contribution in [0.5, 0.6) is 17.2 Å². The van der Waals surface area contributed by atoms with Crippen LogP contribution < -0.4 is 16.2 Å². The third kappa shape index (κ3) is 11.4. The van der Waals surface area contributed by atoms with E-state index in [1.807, 2.05) is 52.8 Å². The van der Waals surface area contributed by atoms with Crippen LogP contribution in [0.3, 0.4) is 0 Å². The number of fused-ring (bicyclic) bond motifs is 2. The Kier molecular flexibility index (Phi) is 17.0. The van der Waals surface area contributed by atoms with E-state index in [-0.39, 0.29) is 32.2 Å². The largest absolute Gasteiger partial charge is 0.508 e. The Morgan fingerprint density at radius 3 is 1.43 bits per heavy atom. The Morgan fingerprint density at radius 2 is 0.959 bits per heavy atom. The summed E-state index contributed by atoms with van der Waals surface area (Å²) in [6.07, 6.45) is 3.40. The third-order valence-electron chi connectivity index (χ3n) is 6.99. The Hall–Kier alpha value is -5.26. The number of phenolic OH excluding ortho intramolecular Hbond substituents is 1. The molecule has 0 spiro atoms. The summed E-state index contributed by atoms with van der Waals surface area (Å²) in [4.78, 5) is 8.52. The Labute approximate surface area is 287 Å². The van der Waals surface area contributed by atoms with E-state index in [9.17, 15) is 10.2 Å². The van der Waals surface area contributed by atoms with Gasteiger partial charge < -0.3 is 41.7 Å². The number of aryl methyl sites for hydroxylation is 1. The van der Waals surface area contributed by atoms with E-state index >= 15 is 0 Å². The summed E-state index contributed by atoms with van der Waals surface area (Å²) < 4.78 is 5.88. The SMILES string of the molecule is CC.CC.Cc1ccnc2cc(CO)c(CO)cc12.Nc1ccc(O)cc1.Nc1ccc(Oc2ccnc3cc(CO)c(CO)cc23)cc1. The molecule has 6 rings (SSSR count). The zero-order valence-electron chi connectivity index (χ0n) is 28.8. The number of aromatic nitrogens is 2. The van der Waals surface area contributed by atoms with Gasteiger partial charge in [0.05, 0.1) is 37.5 Å². The minimum atomic E-state index is -0.151. The molecule has 0 bridgehead atoms. The molecule has 4 aromatic carbocycles. The molecule has 0 saturated carbocycles. The van der Waals surface area contributed by atoms with Gasteiger partial charge in [-0.3, -0.25) is 9.97 Å². The van der Waals surface area contributed by atoms with Gasteiger partial charge in [-0.05, 0) is 120 Å². The molecular formula is C39H48N4O6. The van der Waals surface area contributed by atoms with Gasteiger partial charge in [-0.1, -0.05) is 27.7 Å². The van der Waals surface area contributed by atoms with Gasteiger partial charge in [0, 0.05) is 34.5 Å². The number of phenols is 1. The fourth-order valence-corrected chi connectivity index (χ4v) is 4.49. The molecule has 0 saturated heterocycles. The van der Waals surface area contributed by atoms with Crippen molar-refractivity contribution in [3.05, 3.63) is 125 Å². The van der Waals surface area contributed by atoms with Gasteiger partial charge in [0.2, 0.25) is 0 Å². The highest BCUT2D eigenvalue weighted by Gasteiger charge is 2.10. The maximum absolute atomic E-state index is 9.43. The number of rotatable bonds is 6. The molecule has 9 N–H and O–H groups in total. The number of hydrogen-bond acceptors (Lipinski definition) is 10. The number of nitrogen functional groups attached to an aromatic ring is 2. The van der Waals surface area contributed by atoms with Gasteiger partial charge in [0.1, 0.15) is 17.2 Å². The molecule has 0 fully saturated rings. The molecule has 49 heavy (non-hydrogen) atoms. The van der Waals surface area contributed by atoms with E-state index in [0.29, 0.717) is 39.5 Å². The van der Waals surface area contributed by atoms with E-state index in [2.05, 4.69) is 9.97 Å². The third-order valence-corrected chi connectivity index (χ3v) is 6.99. The highest BCUT2D eigenvalue weighted by atomic mass is 16.5. The van der Waals surface area contributed by atoms with Crippen molar-refractivity contribution in [2.75, 3.05) is 11.5 Å². The predicted octanol–water partition coefficient (Wildman–Crippen LogP) is 7.15. The monoisotopic (exact) mass is 668 g/mol. The molecule has 260 valence electrons. The first-order valence-corrected chi connectivity index (χ1v) is 16.0. The van der Waals surface area contributed by atoms with Crippen molar-refractivity contribution in [3.8, 4) is 17.2 Å². The second-order valence-electron chi connectivity index (χ2n) is 10.1. The predicted molar refractivity (Wildman–Crippen MR) is 198 cm³/mol. The average Bonchev–Trinajstić information content (AvgIpc) is 3.15. The topological polar surface area (TPSA) is 188 Å². The van der Waals surface area contributed by atoms with Gasteiger partial charge in [-0.15, -0.1) is 0 Å². The number of aliphatic hydroxyl groups is 4. The number of aliphatic hydroxyl groups excluding tert-OH is 4. The maximum Gasteiger partial charge on any atom is 0.138 e. The first kappa shape index (κ1) is 39.9. The first-order valence-electron chi connectivity index (χ1n) is 16.0. The van der Waals surface area contributed by atoms with Crippen LogP contribution in [0.1, 0.15) is 55.5 Å². The molecule has 0 aliphatic rings. The number of aromatic hydroxyl groups is 1. The van der Waals surface area contributed by atoms with Crippen molar-refractivity contribution in [3.63, 3.8) is 0 Å². The minimum Gasteiger partial charge on any atom is -0.508 e. The van der Waals surface area contributed by atoms with Crippen molar-refractivity contribution >= 4 is 33.2 Å². The minimum absolute atomic E-state index is 0.0554. The standard InChI is InChI=1S/C17H16N2O3.C12H13NO2.C6H7NO.2C2H6/c18-13-1-3-14(4-2-13)22-17-5-6-19-16-8-12(10-21)11(9-20)7-15(16)17;1-8-2-3-13-12-5-10(7-15)9(6-14)4-11(8)12;7-5-1-3-6(8)4-2-5;2*1-2/h1-8,20-21H,9-10,18H2;2-5,14-15H,6-7H2,1H3;1-4,8H,7H2;2*1-2H3. The summed E-state index contributed by atoms with van der Waals surface area (Å²) in [5.74, 6) is 1.55. The summed E-state index contributed by atoms with van der Waals surface area (Å²) >= 11 is 0. The Balaban J connectivity index is 0.000000266. The molecule has 0 unspecified atom stereocenters. The quantitative estimate of drug-likeness (QED) is 0.0709. The van der Waals surface area contributed by atoms with Crippen LogP contribution in [0.15, 0.2) is 97.3 Å². The molecule has 2 heterocycles. The fourth-order valence-electron chi connectivity index (χ4n) is 4.49. The first-order chi connectivity index (χ1) is 23.8. The number of hydrogen-bond donors (Lipinski definition) is 7. The molecule has 0 aliphatic heterocycles. The van der Waals surface area contributed by atoms with Gasteiger partial charge in [-0.2, -0.15) is 0 Å². The maximum atomic E-state index is 9.43. The van der Waals surface area contributed by atoms with E-state index < -0.39 is 0 Å². The van der Waals surface area contributed by atoms with E-state index in [0.717, 1.165) is 33.0 Å². The number of nitrogens with two attached hydrogens (primary N) is 2. The Bertz CT molecular complexity index is 1840. The molecule has 2 aromatic heterocycles. The van der Waals surface area contributed by atoms with E-state index in [1.54, 1.807) is 79.1 Å². The second-order valence-corrected chi connectivity index (χ2v) is 10.1. The average molecular weight is 669 g/mol. The molecule has 0 amide bonds. The normalized spacial score (nSPS) is 9.90. The van der Waals surface area contributed by atoms with Crippen LogP contribution in [-0.2, 0) is 26.4 Å². The lowest BCUT2D eigenvalue weighted by atomic mass is 10.0. The van der Waals surface area contributed by atoms with Crippen LogP contribution >= 0.6 is 0 Å². The lowest BCUT2D eigenvalue weighted by molar-refractivity contribution is 0.260. The van der Waals surface area contributed by atoms with Crippen molar-refractivity contribution in [1.82, 2.24) is 9.97 Å². The van der Waals surface area contributed by atoms with Crippen molar-refractivity contribution < 1.29 is 30.3 Å². The van der Waals surface area contributed by atoms with E-state index in [1.165, 1.54) is 0 Å². The number of benzene rings is 4. The highest BCUT2D eigenvalue weighted by molar-refractivity contribution is 5.86. The van der Waals surface area contributed by atoms with Crippen LogP contribution in [0.25, 0.3) is 21.8 Å². The van der Waals surface area contributed by atoms with Gasteiger partial charge >= 0.3 is 0 Å². The van der Waals surface area contributed by atoms with Crippen LogP contribution in [0.4, 0.5) is 11.4 Å². The Morgan fingerprint density at radius 1 is 0.551 bits per heavy atom. The summed E-state index contributed by atoms with van der Waals surface area (Å²) in [7, 11) is 0. The van der Waals surface area contributed by atoms with E-state index in [4.69, 9.17) is 31.5 Å². The lowest BCUT2D eigenvalue weighted by Crippen LogP contribution is -1.96. The lowest BCUT2D eigenvalue weighted by Gasteiger charge is -2.12. The van der Waals surface area contributed by atoms with Crippen molar-refractivity contribution in [2.45, 2.75) is 61.0 Å². The zero-order chi connectivity index (χ0) is 36.3. The summed E-state index contributed by atoms with van der Waals surface area (Å²) in [5.41, 5.74) is 17.8. The molecule has 6 aromatic rings. The van der Waals surface area contributed by atoms with Crippen LogP contribution in [0.2, 0.25) is 0 Å². The summed E-state index contributed by atoms with van der Waals surface area (Å²) in [6, 6.07) is 24.5. The van der Waals surface area contributed by atoms with Crippen molar-refractivity contribution in [1.29, 1.82) is 0 Å². The van der Waals surface area contributed by atoms with Crippen LogP contribution in [-0.4, -0.2) is 35.5 Å². The summed E-state index contributed by atoms with van der Waals surface area (Å²) in [6.45, 7) is 9.59. The number of pyridine rings is 2. The molecule has 0 atom stereocenters. The number of nitrogens with zero attached hydrogens (tertiary/aromatic N) is 2. The smallest absolute Gasteiger partial charge is 0.138 e. The molecule has 10 nitrogen and oxygen atoms in total. The van der Waals surface area contributed by atoms with Gasteiger partial charge in [-0.25, -0.2) is 0 Å². The second kappa shape index (κ2) is 20.9. The van der Waals surface area contributed by atoms with Gasteiger partial charge in [0.15, 0.2) is 0 Å².